The molecule has 0 bridgehead atoms. The monoisotopic (exact) mass is 674 g/mol. The van der Waals surface area contributed by atoms with E-state index in [1.54, 1.807) is 23.1 Å². The van der Waals surface area contributed by atoms with Gasteiger partial charge in [0.1, 0.15) is 28.7 Å². The Labute approximate surface area is 277 Å². The molecule has 2 amide bonds. The number of amides is 2. The molecule has 11 nitrogen and oxygen atoms in total. The zero-order valence-electron chi connectivity index (χ0n) is 24.8. The number of likely N-dealkylation sites (tertiary alicyclic amines) is 1. The molecule has 2 aliphatic rings. The maximum absolute atomic E-state index is 12.9. The van der Waals surface area contributed by atoms with Gasteiger partial charge >= 0.3 is 0 Å². The van der Waals surface area contributed by atoms with Crippen LogP contribution in [0.15, 0.2) is 41.4 Å². The van der Waals surface area contributed by atoms with E-state index in [-0.39, 0.29) is 42.8 Å². The highest BCUT2D eigenvalue weighted by atomic mass is 35.5. The van der Waals surface area contributed by atoms with Crippen molar-refractivity contribution < 1.29 is 14.3 Å². The number of nitrogens with two attached hydrogens (primary N) is 2. The van der Waals surface area contributed by atoms with Gasteiger partial charge in [0, 0.05) is 30.3 Å². The minimum absolute atomic E-state index is 0.0802. The second kappa shape index (κ2) is 15.2. The highest BCUT2D eigenvalue weighted by Gasteiger charge is 2.31. The van der Waals surface area contributed by atoms with Crippen LogP contribution < -0.4 is 21.5 Å². The van der Waals surface area contributed by atoms with Crippen molar-refractivity contribution in [3.05, 3.63) is 63.0 Å². The van der Waals surface area contributed by atoms with Gasteiger partial charge in [0.05, 0.1) is 17.3 Å². The molecule has 0 unspecified atom stereocenters. The Balaban J connectivity index is 1.11. The molecule has 1 aliphatic heterocycles. The topological polar surface area (TPSA) is 165 Å². The lowest BCUT2D eigenvalue weighted by atomic mass is 9.83. The fraction of sp³-hybridized carbons (Fsp3) is 0.452. The van der Waals surface area contributed by atoms with E-state index < -0.39 is 6.04 Å². The summed E-state index contributed by atoms with van der Waals surface area (Å²) in [4.78, 5) is 35.8. The Bertz CT molecular complexity index is 1510. The first-order chi connectivity index (χ1) is 21.7. The molecule has 3 heterocycles. The number of nitrogens with zero attached hydrogens (tertiary/aromatic N) is 4. The fourth-order valence-electron chi connectivity index (χ4n) is 6.05. The first kappa shape index (κ1) is 32.8. The number of nitrogens with one attached hydrogen (secondary N) is 2. The number of aliphatic imine (C=N–C) groups is 1. The molecule has 6 N–H and O–H groups in total. The number of aromatic amines is 1. The molecular formula is C31H37Cl3N8O3. The number of aromatic nitrogens is 3. The summed E-state index contributed by atoms with van der Waals surface area (Å²) in [5, 5.41) is 11.5. The van der Waals surface area contributed by atoms with Crippen molar-refractivity contribution in [3.63, 3.8) is 0 Å². The summed E-state index contributed by atoms with van der Waals surface area (Å²) >= 11 is 18.5. The van der Waals surface area contributed by atoms with Gasteiger partial charge in [-0.25, -0.2) is 9.98 Å². The third-order valence-electron chi connectivity index (χ3n) is 8.40. The first-order valence-electron chi connectivity index (χ1n) is 15.1. The summed E-state index contributed by atoms with van der Waals surface area (Å²) in [5.74, 6) is 0.359. The number of guanidine groups is 1. The van der Waals surface area contributed by atoms with Crippen molar-refractivity contribution in [1.82, 2.24) is 25.4 Å². The van der Waals surface area contributed by atoms with Crippen LogP contribution in [0.2, 0.25) is 15.3 Å². The van der Waals surface area contributed by atoms with E-state index in [2.05, 4.69) is 25.5 Å². The summed E-state index contributed by atoms with van der Waals surface area (Å²) in [5.41, 5.74) is 14.5. The number of hydrogen-bond acceptors (Lipinski definition) is 6. The zero-order chi connectivity index (χ0) is 31.9. The van der Waals surface area contributed by atoms with Crippen LogP contribution in [-0.4, -0.2) is 63.5 Å². The molecule has 3 aromatic rings. The van der Waals surface area contributed by atoms with Crippen LogP contribution in [0.4, 0.5) is 0 Å². The van der Waals surface area contributed by atoms with Gasteiger partial charge in [0.25, 0.3) is 0 Å². The van der Waals surface area contributed by atoms with E-state index >= 15 is 0 Å². The number of hydrogen-bond donors (Lipinski definition) is 4. The Morgan fingerprint density at radius 2 is 1.73 bits per heavy atom. The molecule has 1 aromatic carbocycles. The molecule has 45 heavy (non-hydrogen) atoms. The molecule has 1 aliphatic carbocycles. The third kappa shape index (κ3) is 8.80. The van der Waals surface area contributed by atoms with Crippen LogP contribution >= 0.6 is 34.8 Å². The SMILES string of the molecule is NC(N)=N[C@@H](C(=O)NCC(=O)N1CCC(c2cc(-c3ccc(OCc4cc(Cl)nc(Cl)c4)cc3Cl)n[nH]2)CC1)C1CCCCC1. The van der Waals surface area contributed by atoms with Crippen molar-refractivity contribution in [2.24, 2.45) is 22.4 Å². The minimum atomic E-state index is -0.660. The zero-order valence-corrected chi connectivity index (χ0v) is 27.0. The second-order valence-electron chi connectivity index (χ2n) is 11.5. The molecule has 0 spiro atoms. The minimum Gasteiger partial charge on any atom is -0.489 e. The van der Waals surface area contributed by atoms with Gasteiger partial charge in [-0.2, -0.15) is 5.10 Å². The number of carbonyl (C=O) groups is 2. The molecule has 1 saturated heterocycles. The van der Waals surface area contributed by atoms with Crippen LogP contribution in [0.3, 0.4) is 0 Å². The van der Waals surface area contributed by atoms with Crippen LogP contribution in [0.1, 0.15) is 62.1 Å². The van der Waals surface area contributed by atoms with E-state index in [1.165, 1.54) is 0 Å². The summed E-state index contributed by atoms with van der Waals surface area (Å²) in [6, 6.07) is 10.2. The van der Waals surface area contributed by atoms with E-state index in [4.69, 9.17) is 51.0 Å². The summed E-state index contributed by atoms with van der Waals surface area (Å²) in [6.07, 6.45) is 6.59. The van der Waals surface area contributed by atoms with Crippen LogP contribution in [0, 0.1) is 5.92 Å². The summed E-state index contributed by atoms with van der Waals surface area (Å²) < 4.78 is 5.86. The fourth-order valence-corrected chi connectivity index (χ4v) is 6.82. The molecule has 1 atom stereocenters. The number of halogens is 3. The average molecular weight is 676 g/mol. The quantitative estimate of drug-likeness (QED) is 0.133. The summed E-state index contributed by atoms with van der Waals surface area (Å²) in [6.45, 7) is 1.34. The van der Waals surface area contributed by atoms with E-state index in [9.17, 15) is 9.59 Å². The maximum atomic E-state index is 12.9. The van der Waals surface area contributed by atoms with Gasteiger partial charge in [-0.15, -0.1) is 0 Å². The third-order valence-corrected chi connectivity index (χ3v) is 9.10. The highest BCUT2D eigenvalue weighted by molar-refractivity contribution is 6.33. The maximum Gasteiger partial charge on any atom is 0.245 e. The van der Waals surface area contributed by atoms with Crippen molar-refractivity contribution >= 4 is 52.6 Å². The van der Waals surface area contributed by atoms with Crippen molar-refractivity contribution in [1.29, 1.82) is 0 Å². The Hall–Kier alpha value is -3.54. The number of piperidine rings is 1. The van der Waals surface area contributed by atoms with Crippen LogP contribution in [0.25, 0.3) is 11.3 Å². The van der Waals surface area contributed by atoms with E-state index in [0.717, 1.165) is 67.5 Å². The van der Waals surface area contributed by atoms with Gasteiger partial charge in [-0.05, 0) is 73.6 Å². The Kier molecular flexibility index (Phi) is 11.1. The van der Waals surface area contributed by atoms with E-state index in [0.29, 0.717) is 34.2 Å². The average Bonchev–Trinajstić information content (AvgIpc) is 3.51. The second-order valence-corrected chi connectivity index (χ2v) is 12.7. The molecule has 0 radical (unpaired) electrons. The number of benzene rings is 1. The Morgan fingerprint density at radius 3 is 2.40 bits per heavy atom. The predicted molar refractivity (Wildman–Crippen MR) is 175 cm³/mol. The molecule has 2 aromatic heterocycles. The first-order valence-corrected chi connectivity index (χ1v) is 16.2. The molecule has 5 rings (SSSR count). The molecule has 14 heteroatoms. The number of pyridine rings is 1. The van der Waals surface area contributed by atoms with Gasteiger partial charge < -0.3 is 26.4 Å². The number of carbonyl (C=O) groups excluding carboxylic acids is 2. The van der Waals surface area contributed by atoms with Gasteiger partial charge in [-0.3, -0.25) is 14.7 Å². The molecule has 1 saturated carbocycles. The smallest absolute Gasteiger partial charge is 0.245 e. The molecule has 2 fully saturated rings. The molecule has 240 valence electrons. The van der Waals surface area contributed by atoms with Crippen molar-refractivity contribution in [3.8, 4) is 17.0 Å². The lowest BCUT2D eigenvalue weighted by Gasteiger charge is -2.32. The number of H-pyrrole nitrogens is 1. The normalized spacial score (nSPS) is 16.6. The standard InChI is InChI=1S/C31H37Cl3N8O3/c32-23-14-21(45-17-18-12-26(33)38-27(34)13-18)6-7-22(23)25-15-24(40-41-25)19-8-10-42(11-9-19)28(43)16-37-30(44)29(39-31(35)36)20-4-2-1-3-5-20/h6-7,12-15,19-20,29H,1-5,8-11,16-17H2,(H,37,44)(H,40,41)(H4,35,36,39)/t29-/m1/s1. The lowest BCUT2D eigenvalue weighted by Crippen LogP contribution is -2.47. The number of ether oxygens (including phenoxy) is 1. The van der Waals surface area contributed by atoms with Crippen molar-refractivity contribution in [2.75, 3.05) is 19.6 Å². The molecular weight excluding hydrogens is 639 g/mol. The van der Waals surface area contributed by atoms with Crippen molar-refractivity contribution in [2.45, 2.75) is 63.5 Å². The number of rotatable bonds is 10. The lowest BCUT2D eigenvalue weighted by molar-refractivity contribution is -0.134. The van der Waals surface area contributed by atoms with E-state index in [1.807, 2.05) is 18.2 Å². The van der Waals surface area contributed by atoms with Gasteiger partial charge in [0.15, 0.2) is 5.96 Å². The summed E-state index contributed by atoms with van der Waals surface area (Å²) in [7, 11) is 0. The van der Waals surface area contributed by atoms with Gasteiger partial charge in [-0.1, -0.05) is 54.1 Å². The highest BCUT2D eigenvalue weighted by Crippen LogP contribution is 2.34. The van der Waals surface area contributed by atoms with Crippen LogP contribution in [0.5, 0.6) is 5.75 Å². The largest absolute Gasteiger partial charge is 0.489 e. The predicted octanol–water partition coefficient (Wildman–Crippen LogP) is 5.06. The van der Waals surface area contributed by atoms with Gasteiger partial charge in [0.2, 0.25) is 11.8 Å². The Morgan fingerprint density at radius 1 is 1.02 bits per heavy atom. The van der Waals surface area contributed by atoms with Crippen LogP contribution in [-0.2, 0) is 16.2 Å².